The third-order valence-corrected chi connectivity index (χ3v) is 5.78. The highest BCUT2D eigenvalue weighted by Crippen LogP contribution is 2.45. The van der Waals surface area contributed by atoms with Crippen molar-refractivity contribution in [2.45, 2.75) is 12.5 Å². The van der Waals surface area contributed by atoms with Gasteiger partial charge in [-0.3, -0.25) is 4.79 Å². The molecule has 4 rings (SSSR count). The minimum absolute atomic E-state index is 0.0786. The first-order valence-corrected chi connectivity index (χ1v) is 10.3. The first-order valence-electron chi connectivity index (χ1n) is 10.3. The molecule has 1 aliphatic rings. The highest BCUT2D eigenvalue weighted by Gasteiger charge is 2.48. The number of methoxy groups -OCH3 is 1. The number of aliphatic hydroxyl groups excluding tert-OH is 1. The van der Waals surface area contributed by atoms with E-state index in [0.29, 0.717) is 29.0 Å². The Morgan fingerprint density at radius 3 is 2.12 bits per heavy atom. The molecule has 1 amide bonds. The third kappa shape index (κ3) is 4.27. The number of aliphatic hydroxyl groups is 1. The molecule has 0 radical (unpaired) electrons. The number of hydrogen-bond acceptors (Lipinski definition) is 3. The summed E-state index contributed by atoms with van der Waals surface area (Å²) < 4.78 is 31.9. The number of benzene rings is 3. The zero-order valence-electron chi connectivity index (χ0n) is 17.5. The van der Waals surface area contributed by atoms with Crippen molar-refractivity contribution in [3.8, 4) is 5.75 Å². The maximum Gasteiger partial charge on any atom is 0.233 e. The number of carbonyl (C=O) groups is 1. The zero-order valence-corrected chi connectivity index (χ0v) is 17.5. The van der Waals surface area contributed by atoms with Crippen molar-refractivity contribution in [2.24, 2.45) is 5.92 Å². The number of ether oxygens (including phenoxy) is 1. The van der Waals surface area contributed by atoms with Crippen LogP contribution < -0.4 is 9.64 Å². The van der Waals surface area contributed by atoms with Crippen LogP contribution in [0.15, 0.2) is 78.9 Å². The molecule has 4 nitrogen and oxygen atoms in total. The number of hydrogen-bond donors (Lipinski definition) is 1. The van der Waals surface area contributed by atoms with E-state index in [1.165, 1.54) is 24.3 Å². The maximum absolute atomic E-state index is 13.4. The average molecular weight is 435 g/mol. The van der Waals surface area contributed by atoms with Crippen LogP contribution >= 0.6 is 0 Å². The molecule has 0 aromatic heterocycles. The second kappa shape index (κ2) is 9.32. The minimum Gasteiger partial charge on any atom is -0.497 e. The van der Waals surface area contributed by atoms with Crippen LogP contribution in [0.1, 0.15) is 23.6 Å². The summed E-state index contributed by atoms with van der Waals surface area (Å²) in [5.74, 6) is -0.438. The molecule has 1 saturated heterocycles. The molecule has 0 saturated carbocycles. The van der Waals surface area contributed by atoms with E-state index in [1.807, 2.05) is 30.3 Å². The highest BCUT2D eigenvalue weighted by atomic mass is 19.1. The number of halogens is 2. The van der Waals surface area contributed by atoms with Crippen LogP contribution in [-0.2, 0) is 4.79 Å². The normalized spacial score (nSPS) is 18.4. The van der Waals surface area contributed by atoms with Crippen molar-refractivity contribution >= 4 is 17.2 Å². The fraction of sp³-hybridized carbons (Fsp3) is 0.192. The molecule has 1 aliphatic heterocycles. The van der Waals surface area contributed by atoms with Crippen LogP contribution in [0.5, 0.6) is 5.75 Å². The number of anilines is 1. The van der Waals surface area contributed by atoms with Gasteiger partial charge in [0.05, 0.1) is 25.7 Å². The van der Waals surface area contributed by atoms with Crippen LogP contribution in [-0.4, -0.2) is 24.7 Å². The van der Waals surface area contributed by atoms with Crippen LogP contribution in [0.25, 0.3) is 5.57 Å². The summed E-state index contributed by atoms with van der Waals surface area (Å²) in [7, 11) is 1.59. The number of carbonyl (C=O) groups excluding carboxylic acids is 1. The molecule has 3 aromatic rings. The molecule has 0 bridgehead atoms. The van der Waals surface area contributed by atoms with Crippen LogP contribution in [0.3, 0.4) is 0 Å². The van der Waals surface area contributed by atoms with E-state index < -0.39 is 0 Å². The Labute approximate surface area is 185 Å². The summed E-state index contributed by atoms with van der Waals surface area (Å²) in [5, 5.41) is 9.81. The monoisotopic (exact) mass is 435 g/mol. The Morgan fingerprint density at radius 1 is 0.969 bits per heavy atom. The molecule has 2 atom stereocenters. The van der Waals surface area contributed by atoms with Gasteiger partial charge in [0, 0.05) is 5.69 Å². The number of amides is 1. The van der Waals surface area contributed by atoms with E-state index in [4.69, 9.17) is 4.74 Å². The molecule has 0 spiro atoms. The lowest BCUT2D eigenvalue weighted by molar-refractivity contribution is -0.130. The Hall–Kier alpha value is -3.51. The van der Waals surface area contributed by atoms with Gasteiger partial charge in [-0.05, 0) is 71.7 Å². The van der Waals surface area contributed by atoms with Crippen molar-refractivity contribution in [1.82, 2.24) is 0 Å². The van der Waals surface area contributed by atoms with Crippen LogP contribution in [0, 0.1) is 17.6 Å². The van der Waals surface area contributed by atoms with Crippen molar-refractivity contribution in [3.05, 3.63) is 102 Å². The van der Waals surface area contributed by atoms with Gasteiger partial charge in [0.2, 0.25) is 5.91 Å². The van der Waals surface area contributed by atoms with E-state index in [0.717, 1.165) is 5.56 Å². The summed E-state index contributed by atoms with van der Waals surface area (Å²) in [4.78, 5) is 14.8. The summed E-state index contributed by atoms with van der Waals surface area (Å²) in [6.45, 7) is -0.221. The van der Waals surface area contributed by atoms with Crippen LogP contribution in [0.2, 0.25) is 0 Å². The molecule has 3 aromatic carbocycles. The lowest BCUT2D eigenvalue weighted by Crippen LogP contribution is -2.55. The topological polar surface area (TPSA) is 49.8 Å². The van der Waals surface area contributed by atoms with Gasteiger partial charge in [-0.25, -0.2) is 8.78 Å². The van der Waals surface area contributed by atoms with Crippen molar-refractivity contribution in [3.63, 3.8) is 0 Å². The van der Waals surface area contributed by atoms with E-state index >= 15 is 0 Å². The summed E-state index contributed by atoms with van der Waals surface area (Å²) in [6.07, 6.45) is 2.23. The smallest absolute Gasteiger partial charge is 0.233 e. The molecule has 164 valence electrons. The number of nitrogens with zero attached hydrogens (tertiary/aromatic N) is 1. The van der Waals surface area contributed by atoms with E-state index in [9.17, 15) is 18.7 Å². The predicted molar refractivity (Wildman–Crippen MR) is 119 cm³/mol. The van der Waals surface area contributed by atoms with Gasteiger partial charge in [-0.1, -0.05) is 30.3 Å². The van der Waals surface area contributed by atoms with Gasteiger partial charge in [-0.15, -0.1) is 0 Å². The number of β-lactam (4-membered cyclic amide) rings is 1. The van der Waals surface area contributed by atoms with Crippen molar-refractivity contribution in [1.29, 1.82) is 0 Å². The van der Waals surface area contributed by atoms with Crippen LogP contribution in [0.4, 0.5) is 14.5 Å². The Balaban J connectivity index is 1.63. The van der Waals surface area contributed by atoms with Gasteiger partial charge in [0.15, 0.2) is 0 Å². The SMILES string of the molecule is COc1ccc([C@@H]2[C@@H](C/C=C(/CO)c3ccc(F)cc3)C(=O)N2c2ccc(F)cc2)cc1. The molecule has 1 heterocycles. The Morgan fingerprint density at radius 2 is 1.56 bits per heavy atom. The molecular weight excluding hydrogens is 412 g/mol. The van der Waals surface area contributed by atoms with Gasteiger partial charge >= 0.3 is 0 Å². The fourth-order valence-electron chi connectivity index (χ4n) is 4.06. The molecule has 6 heteroatoms. The van der Waals surface area contributed by atoms with Crippen molar-refractivity contribution in [2.75, 3.05) is 18.6 Å². The second-order valence-corrected chi connectivity index (χ2v) is 7.64. The summed E-state index contributed by atoms with van der Waals surface area (Å²) in [6, 6.07) is 19.0. The molecule has 1 fully saturated rings. The minimum atomic E-state index is -0.367. The number of allylic oxidation sites excluding steroid dienone is 1. The molecule has 0 aliphatic carbocycles. The quantitative estimate of drug-likeness (QED) is 0.523. The molecule has 32 heavy (non-hydrogen) atoms. The molecule has 1 N–H and O–H groups in total. The largest absolute Gasteiger partial charge is 0.497 e. The Bertz CT molecular complexity index is 1110. The predicted octanol–water partition coefficient (Wildman–Crippen LogP) is 5.14. The lowest BCUT2D eigenvalue weighted by Gasteiger charge is -2.47. The zero-order chi connectivity index (χ0) is 22.7. The molecule has 0 unspecified atom stereocenters. The van der Waals surface area contributed by atoms with Gasteiger partial charge in [-0.2, -0.15) is 0 Å². The van der Waals surface area contributed by atoms with E-state index in [1.54, 1.807) is 36.3 Å². The maximum atomic E-state index is 13.4. The fourth-order valence-corrected chi connectivity index (χ4v) is 4.06. The van der Waals surface area contributed by atoms with E-state index in [2.05, 4.69) is 0 Å². The van der Waals surface area contributed by atoms with E-state index in [-0.39, 0.29) is 36.1 Å². The summed E-state index contributed by atoms with van der Waals surface area (Å²) in [5.41, 5.74) is 2.89. The number of rotatable bonds is 7. The highest BCUT2D eigenvalue weighted by molar-refractivity contribution is 6.03. The van der Waals surface area contributed by atoms with Gasteiger partial charge < -0.3 is 14.7 Å². The second-order valence-electron chi connectivity index (χ2n) is 7.64. The van der Waals surface area contributed by atoms with Crippen molar-refractivity contribution < 1.29 is 23.4 Å². The van der Waals surface area contributed by atoms with Gasteiger partial charge in [0.25, 0.3) is 0 Å². The Kier molecular flexibility index (Phi) is 6.32. The first-order chi connectivity index (χ1) is 15.5. The summed E-state index contributed by atoms with van der Waals surface area (Å²) >= 11 is 0. The average Bonchev–Trinajstić information content (AvgIpc) is 2.82. The first kappa shape index (κ1) is 21.7. The molecular formula is C26H23F2NO3. The lowest BCUT2D eigenvalue weighted by atomic mass is 9.79. The van der Waals surface area contributed by atoms with Gasteiger partial charge in [0.1, 0.15) is 17.4 Å². The third-order valence-electron chi connectivity index (χ3n) is 5.78. The standard InChI is InChI=1S/C26H23F2NO3/c1-32-23-13-4-18(5-14-23)25-24(26(31)29(25)22-11-9-21(28)10-12-22)15-6-19(16-30)17-2-7-20(27)8-3-17/h2-14,24-25,30H,15-16H2,1H3/b19-6-/t24-,25-/m1/s1.